The summed E-state index contributed by atoms with van der Waals surface area (Å²) in [4.78, 5) is 14.3. The lowest BCUT2D eigenvalue weighted by Gasteiger charge is -2.21. The Bertz CT molecular complexity index is 859. The van der Waals surface area contributed by atoms with Gasteiger partial charge in [0.05, 0.1) is 11.2 Å². The van der Waals surface area contributed by atoms with E-state index in [2.05, 4.69) is 0 Å². The first-order valence-corrected chi connectivity index (χ1v) is 9.74. The minimum atomic E-state index is -3.56. The minimum Gasteiger partial charge on any atom is -0.459 e. The van der Waals surface area contributed by atoms with Gasteiger partial charge in [-0.3, -0.25) is 4.79 Å². The maximum Gasteiger partial charge on any atom is 0.289 e. The molecule has 1 aromatic heterocycles. The lowest BCUT2D eigenvalue weighted by Crippen LogP contribution is -2.37. The molecule has 0 N–H and O–H groups in total. The molecule has 0 saturated carbocycles. The zero-order chi connectivity index (χ0) is 18.0. The molecular formula is C18H22N2O4S. The molecule has 3 rings (SSSR count). The van der Waals surface area contributed by atoms with E-state index < -0.39 is 10.0 Å². The Hall–Kier alpha value is -2.12. The van der Waals surface area contributed by atoms with Crippen molar-refractivity contribution < 1.29 is 17.6 Å². The highest BCUT2D eigenvalue weighted by Gasteiger charge is 2.29. The van der Waals surface area contributed by atoms with E-state index in [-0.39, 0.29) is 18.2 Å². The van der Waals surface area contributed by atoms with Crippen LogP contribution in [0.5, 0.6) is 0 Å². The molecule has 0 radical (unpaired) electrons. The van der Waals surface area contributed by atoms with Gasteiger partial charge in [-0.2, -0.15) is 4.31 Å². The van der Waals surface area contributed by atoms with E-state index in [0.717, 1.165) is 11.1 Å². The molecule has 1 saturated heterocycles. The first kappa shape index (κ1) is 17.7. The quantitative estimate of drug-likeness (QED) is 0.841. The Morgan fingerprint density at radius 3 is 2.52 bits per heavy atom. The largest absolute Gasteiger partial charge is 0.459 e. The van der Waals surface area contributed by atoms with Crippen LogP contribution in [0.1, 0.15) is 28.1 Å². The van der Waals surface area contributed by atoms with Crippen molar-refractivity contribution in [1.82, 2.24) is 9.21 Å². The highest BCUT2D eigenvalue weighted by molar-refractivity contribution is 7.89. The number of hydrogen-bond acceptors (Lipinski definition) is 4. The van der Waals surface area contributed by atoms with Crippen molar-refractivity contribution in [3.63, 3.8) is 0 Å². The number of furan rings is 1. The van der Waals surface area contributed by atoms with Crippen molar-refractivity contribution in [3.8, 4) is 0 Å². The standard InChI is InChI=1S/C18H22N2O4S/c1-14-6-7-16(13-15(14)2)25(22,23)20-9-4-8-19(10-11-20)18(21)17-5-3-12-24-17/h3,5-7,12-13H,4,8-11H2,1-2H3. The van der Waals surface area contributed by atoms with E-state index >= 15 is 0 Å². The molecule has 1 fully saturated rings. The molecule has 0 atom stereocenters. The van der Waals surface area contributed by atoms with Crippen molar-refractivity contribution in [1.29, 1.82) is 0 Å². The van der Waals surface area contributed by atoms with Gasteiger partial charge in [0.1, 0.15) is 0 Å². The van der Waals surface area contributed by atoms with Gasteiger partial charge in [-0.15, -0.1) is 0 Å². The van der Waals surface area contributed by atoms with Crippen LogP contribution in [0.15, 0.2) is 45.9 Å². The van der Waals surface area contributed by atoms with Crippen LogP contribution in [0.2, 0.25) is 0 Å². The third kappa shape index (κ3) is 3.62. The van der Waals surface area contributed by atoms with E-state index in [1.807, 2.05) is 19.9 Å². The van der Waals surface area contributed by atoms with Crippen LogP contribution in [-0.2, 0) is 10.0 Å². The number of rotatable bonds is 3. The molecule has 6 nitrogen and oxygen atoms in total. The average molecular weight is 362 g/mol. The summed E-state index contributed by atoms with van der Waals surface area (Å²) in [6.07, 6.45) is 2.05. The van der Waals surface area contributed by atoms with Gasteiger partial charge in [0.2, 0.25) is 10.0 Å². The molecule has 1 aliphatic rings. The maximum absolute atomic E-state index is 12.9. The van der Waals surface area contributed by atoms with E-state index in [1.54, 1.807) is 29.2 Å². The van der Waals surface area contributed by atoms with Crippen molar-refractivity contribution >= 4 is 15.9 Å². The fourth-order valence-corrected chi connectivity index (χ4v) is 4.47. The highest BCUT2D eigenvalue weighted by atomic mass is 32.2. The highest BCUT2D eigenvalue weighted by Crippen LogP contribution is 2.21. The molecule has 2 aromatic rings. The molecule has 1 amide bonds. The van der Waals surface area contributed by atoms with Crippen molar-refractivity contribution in [2.45, 2.75) is 25.2 Å². The zero-order valence-electron chi connectivity index (χ0n) is 14.4. The number of aryl methyl sites for hydroxylation is 2. The van der Waals surface area contributed by atoms with Gasteiger partial charge >= 0.3 is 0 Å². The first-order chi connectivity index (χ1) is 11.9. The molecule has 25 heavy (non-hydrogen) atoms. The van der Waals surface area contributed by atoms with Gasteiger partial charge < -0.3 is 9.32 Å². The van der Waals surface area contributed by atoms with Crippen LogP contribution in [-0.4, -0.2) is 49.7 Å². The molecule has 7 heteroatoms. The molecule has 0 spiro atoms. The summed E-state index contributed by atoms with van der Waals surface area (Å²) >= 11 is 0. The summed E-state index contributed by atoms with van der Waals surface area (Å²) in [7, 11) is -3.56. The molecule has 1 aliphatic heterocycles. The second kappa shape index (κ2) is 7.01. The van der Waals surface area contributed by atoms with Crippen molar-refractivity contribution in [3.05, 3.63) is 53.5 Å². The average Bonchev–Trinajstić information content (AvgIpc) is 3.00. The number of sulfonamides is 1. The Kier molecular flexibility index (Phi) is 4.96. The summed E-state index contributed by atoms with van der Waals surface area (Å²) in [6, 6.07) is 8.47. The fourth-order valence-electron chi connectivity index (χ4n) is 2.92. The zero-order valence-corrected chi connectivity index (χ0v) is 15.3. The van der Waals surface area contributed by atoms with Crippen LogP contribution < -0.4 is 0 Å². The van der Waals surface area contributed by atoms with Crippen LogP contribution in [0.25, 0.3) is 0 Å². The van der Waals surface area contributed by atoms with Gasteiger partial charge in [-0.25, -0.2) is 8.42 Å². The third-order valence-electron chi connectivity index (χ3n) is 4.59. The predicted molar refractivity (Wildman–Crippen MR) is 93.9 cm³/mol. The summed E-state index contributed by atoms with van der Waals surface area (Å²) < 4.78 is 32.4. The molecular weight excluding hydrogens is 340 g/mol. The van der Waals surface area contributed by atoms with E-state index in [1.165, 1.54) is 10.6 Å². The number of amides is 1. The summed E-state index contributed by atoms with van der Waals surface area (Å²) in [5.41, 5.74) is 2.01. The van der Waals surface area contributed by atoms with Crippen LogP contribution in [0.3, 0.4) is 0 Å². The van der Waals surface area contributed by atoms with Crippen molar-refractivity contribution in [2.24, 2.45) is 0 Å². The SMILES string of the molecule is Cc1ccc(S(=O)(=O)N2CCCN(C(=O)c3ccco3)CC2)cc1C. The second-order valence-corrected chi connectivity index (χ2v) is 8.21. The van der Waals surface area contributed by atoms with Gasteiger partial charge in [0.25, 0.3) is 5.91 Å². The van der Waals surface area contributed by atoms with Gasteiger partial charge in [-0.1, -0.05) is 6.07 Å². The Morgan fingerprint density at radius 2 is 1.84 bits per heavy atom. The van der Waals surface area contributed by atoms with E-state index in [9.17, 15) is 13.2 Å². The summed E-state index contributed by atoms with van der Waals surface area (Å²) in [6.45, 7) is 5.40. The van der Waals surface area contributed by atoms with Crippen LogP contribution >= 0.6 is 0 Å². The van der Waals surface area contributed by atoms with Gasteiger partial charge in [-0.05, 0) is 55.7 Å². The Morgan fingerprint density at radius 1 is 1.04 bits per heavy atom. The van der Waals surface area contributed by atoms with Gasteiger partial charge in [0.15, 0.2) is 5.76 Å². The minimum absolute atomic E-state index is 0.199. The third-order valence-corrected chi connectivity index (χ3v) is 6.48. The first-order valence-electron chi connectivity index (χ1n) is 8.30. The fraction of sp³-hybridized carbons (Fsp3) is 0.389. The molecule has 1 aromatic carbocycles. The van der Waals surface area contributed by atoms with Crippen LogP contribution in [0, 0.1) is 13.8 Å². The normalized spacial score (nSPS) is 16.6. The predicted octanol–water partition coefficient (Wildman–Crippen LogP) is 2.43. The molecule has 134 valence electrons. The number of carbonyl (C=O) groups excluding carboxylic acids is 1. The lowest BCUT2D eigenvalue weighted by atomic mass is 10.1. The monoisotopic (exact) mass is 362 g/mol. The Balaban J connectivity index is 1.76. The lowest BCUT2D eigenvalue weighted by molar-refractivity contribution is 0.0732. The van der Waals surface area contributed by atoms with E-state index in [0.29, 0.717) is 31.0 Å². The smallest absolute Gasteiger partial charge is 0.289 e. The summed E-state index contributed by atoms with van der Waals surface area (Å²) in [5, 5.41) is 0. The number of nitrogens with zero attached hydrogens (tertiary/aromatic N) is 2. The molecule has 0 aliphatic carbocycles. The summed E-state index contributed by atoms with van der Waals surface area (Å²) in [5.74, 6) is 0.0842. The Labute approximate surface area is 148 Å². The molecule has 0 bridgehead atoms. The number of benzene rings is 1. The number of carbonyl (C=O) groups is 1. The van der Waals surface area contributed by atoms with Gasteiger partial charge in [0, 0.05) is 26.2 Å². The number of hydrogen-bond donors (Lipinski definition) is 0. The topological polar surface area (TPSA) is 70.8 Å². The van der Waals surface area contributed by atoms with E-state index in [4.69, 9.17) is 4.42 Å². The molecule has 2 heterocycles. The van der Waals surface area contributed by atoms with Crippen LogP contribution in [0.4, 0.5) is 0 Å². The second-order valence-electron chi connectivity index (χ2n) is 6.27. The van der Waals surface area contributed by atoms with Crippen molar-refractivity contribution in [2.75, 3.05) is 26.2 Å². The molecule has 0 unspecified atom stereocenters. The maximum atomic E-state index is 12.9.